The summed E-state index contributed by atoms with van der Waals surface area (Å²) in [6.07, 6.45) is 2.56. The van der Waals surface area contributed by atoms with Gasteiger partial charge in [0.25, 0.3) is 0 Å². The van der Waals surface area contributed by atoms with E-state index in [0.717, 1.165) is 22.2 Å². The molecule has 0 saturated carbocycles. The monoisotopic (exact) mass is 323 g/mol. The molecule has 0 atom stereocenters. The van der Waals surface area contributed by atoms with Gasteiger partial charge in [0.2, 0.25) is 11.0 Å². The highest BCUT2D eigenvalue weighted by Crippen LogP contribution is 2.24. The Labute approximate surface area is 131 Å². The average molecular weight is 323 g/mol. The number of carbonyl (C=O) groups excluding carboxylic acids is 1. The Bertz CT molecular complexity index is 561. The lowest BCUT2D eigenvalue weighted by atomic mass is 10.3. The maximum Gasteiger partial charge on any atom is 0.240 e. The molecule has 1 amide bonds. The number of amides is 1. The van der Waals surface area contributed by atoms with Crippen LogP contribution in [0.4, 0.5) is 5.13 Å². The Hall–Kier alpha value is -1.51. The summed E-state index contributed by atoms with van der Waals surface area (Å²) in [5.41, 5.74) is 1.01. The third-order valence-corrected chi connectivity index (χ3v) is 4.34. The van der Waals surface area contributed by atoms with Crippen molar-refractivity contribution in [3.8, 4) is 0 Å². The molecule has 0 fully saturated rings. The van der Waals surface area contributed by atoms with Gasteiger partial charge >= 0.3 is 0 Å². The lowest BCUT2D eigenvalue weighted by Gasteiger charge is -2.04. The van der Waals surface area contributed by atoms with E-state index in [-0.39, 0.29) is 12.5 Å². The van der Waals surface area contributed by atoms with Crippen molar-refractivity contribution in [1.29, 1.82) is 0 Å². The van der Waals surface area contributed by atoms with Gasteiger partial charge in [0.15, 0.2) is 4.34 Å². The molecule has 2 aromatic heterocycles. The minimum atomic E-state index is -0.111. The zero-order chi connectivity index (χ0) is 14.9. The fourth-order valence-electron chi connectivity index (χ4n) is 1.57. The van der Waals surface area contributed by atoms with Gasteiger partial charge in [-0.05, 0) is 17.9 Å². The maximum absolute atomic E-state index is 11.7. The molecule has 21 heavy (non-hydrogen) atoms. The molecular weight excluding hydrogens is 306 g/mol. The molecule has 2 rings (SSSR count). The highest BCUT2D eigenvalue weighted by molar-refractivity contribution is 8.01. The van der Waals surface area contributed by atoms with E-state index < -0.39 is 0 Å². The van der Waals surface area contributed by atoms with Crippen molar-refractivity contribution in [3.05, 3.63) is 30.1 Å². The molecule has 2 heterocycles. The van der Waals surface area contributed by atoms with Crippen LogP contribution in [0, 0.1) is 0 Å². The van der Waals surface area contributed by atoms with Gasteiger partial charge in [-0.25, -0.2) is 0 Å². The van der Waals surface area contributed by atoms with Crippen LogP contribution >= 0.6 is 23.1 Å². The third kappa shape index (κ3) is 5.78. The SMILES string of the molecule is CCSc1nnc(NC(=O)CNCCc2ccccn2)s1. The van der Waals surface area contributed by atoms with Crippen LogP contribution in [0.25, 0.3) is 0 Å². The van der Waals surface area contributed by atoms with Gasteiger partial charge < -0.3 is 5.32 Å². The van der Waals surface area contributed by atoms with E-state index in [9.17, 15) is 4.79 Å². The number of pyridine rings is 1. The van der Waals surface area contributed by atoms with E-state index in [4.69, 9.17) is 0 Å². The molecule has 0 aliphatic rings. The Morgan fingerprint density at radius 1 is 1.38 bits per heavy atom. The molecule has 2 aromatic rings. The van der Waals surface area contributed by atoms with Crippen molar-refractivity contribution in [1.82, 2.24) is 20.5 Å². The number of aromatic nitrogens is 3. The van der Waals surface area contributed by atoms with E-state index in [0.29, 0.717) is 11.7 Å². The Morgan fingerprint density at radius 2 is 2.29 bits per heavy atom. The zero-order valence-corrected chi connectivity index (χ0v) is 13.3. The van der Waals surface area contributed by atoms with E-state index in [2.05, 4.69) is 32.7 Å². The van der Waals surface area contributed by atoms with E-state index >= 15 is 0 Å². The first-order valence-electron chi connectivity index (χ1n) is 6.64. The molecule has 2 N–H and O–H groups in total. The second-order valence-electron chi connectivity index (χ2n) is 4.10. The van der Waals surface area contributed by atoms with Crippen LogP contribution in [0.2, 0.25) is 0 Å². The van der Waals surface area contributed by atoms with Gasteiger partial charge in [0, 0.05) is 24.9 Å². The minimum Gasteiger partial charge on any atom is -0.308 e. The Morgan fingerprint density at radius 3 is 3.05 bits per heavy atom. The number of nitrogens with zero attached hydrogens (tertiary/aromatic N) is 3. The summed E-state index contributed by atoms with van der Waals surface area (Å²) in [6, 6.07) is 5.81. The maximum atomic E-state index is 11.7. The first-order valence-corrected chi connectivity index (χ1v) is 8.45. The van der Waals surface area contributed by atoms with Crippen LogP contribution < -0.4 is 10.6 Å². The van der Waals surface area contributed by atoms with Crippen molar-refractivity contribution >= 4 is 34.1 Å². The van der Waals surface area contributed by atoms with Crippen LogP contribution in [0.3, 0.4) is 0 Å². The zero-order valence-electron chi connectivity index (χ0n) is 11.7. The molecule has 0 radical (unpaired) electrons. The van der Waals surface area contributed by atoms with Crippen molar-refractivity contribution in [3.63, 3.8) is 0 Å². The molecule has 0 aliphatic heterocycles. The second-order valence-corrected chi connectivity index (χ2v) is 6.59. The summed E-state index contributed by atoms with van der Waals surface area (Å²) in [4.78, 5) is 16.0. The van der Waals surface area contributed by atoms with E-state index in [1.165, 1.54) is 11.3 Å². The van der Waals surface area contributed by atoms with E-state index in [1.807, 2.05) is 18.2 Å². The molecule has 8 heteroatoms. The van der Waals surface area contributed by atoms with Crippen molar-refractivity contribution in [2.75, 3.05) is 24.2 Å². The van der Waals surface area contributed by atoms with Gasteiger partial charge in [0.1, 0.15) is 0 Å². The number of thioether (sulfide) groups is 1. The molecule has 0 saturated heterocycles. The van der Waals surface area contributed by atoms with Crippen molar-refractivity contribution in [2.45, 2.75) is 17.7 Å². The average Bonchev–Trinajstić information content (AvgIpc) is 2.92. The highest BCUT2D eigenvalue weighted by Gasteiger charge is 2.07. The standard InChI is InChI=1S/C13H17N5OS2/c1-2-20-13-18-17-12(21-13)16-11(19)9-14-8-6-10-5-3-4-7-15-10/h3-5,7,14H,2,6,8-9H2,1H3,(H,16,17,19). The number of anilines is 1. The predicted molar refractivity (Wildman–Crippen MR) is 85.7 cm³/mol. The summed E-state index contributed by atoms with van der Waals surface area (Å²) in [7, 11) is 0. The summed E-state index contributed by atoms with van der Waals surface area (Å²) >= 11 is 3.01. The minimum absolute atomic E-state index is 0.111. The molecule has 0 aromatic carbocycles. The normalized spacial score (nSPS) is 10.5. The van der Waals surface area contributed by atoms with Crippen LogP contribution in [0.1, 0.15) is 12.6 Å². The molecular formula is C13H17N5OS2. The summed E-state index contributed by atoms with van der Waals surface area (Å²) in [6.45, 7) is 3.01. The van der Waals surface area contributed by atoms with Crippen molar-refractivity contribution < 1.29 is 4.79 Å². The van der Waals surface area contributed by atoms with Crippen LogP contribution in [0.15, 0.2) is 28.7 Å². The molecule has 0 aliphatic carbocycles. The van der Waals surface area contributed by atoms with Gasteiger partial charge in [0.05, 0.1) is 6.54 Å². The van der Waals surface area contributed by atoms with Gasteiger partial charge in [-0.1, -0.05) is 36.1 Å². The number of rotatable bonds is 8. The quantitative estimate of drug-likeness (QED) is 0.438. The summed E-state index contributed by atoms with van der Waals surface area (Å²) in [5.74, 6) is 0.831. The topological polar surface area (TPSA) is 79.8 Å². The molecule has 6 nitrogen and oxygen atoms in total. The van der Waals surface area contributed by atoms with E-state index in [1.54, 1.807) is 18.0 Å². The summed E-state index contributed by atoms with van der Waals surface area (Å²) in [5, 5.41) is 14.3. The smallest absolute Gasteiger partial charge is 0.240 e. The lowest BCUT2D eigenvalue weighted by molar-refractivity contribution is -0.115. The second kappa shape index (κ2) is 8.71. The Balaban J connectivity index is 1.65. The largest absolute Gasteiger partial charge is 0.308 e. The van der Waals surface area contributed by atoms with Gasteiger partial charge in [-0.2, -0.15) is 0 Å². The van der Waals surface area contributed by atoms with Crippen molar-refractivity contribution in [2.24, 2.45) is 0 Å². The fourth-order valence-corrected chi connectivity index (χ4v) is 3.24. The molecule has 0 unspecified atom stereocenters. The first kappa shape index (κ1) is 15.9. The number of carbonyl (C=O) groups is 1. The highest BCUT2D eigenvalue weighted by atomic mass is 32.2. The van der Waals surface area contributed by atoms with Gasteiger partial charge in [-0.15, -0.1) is 10.2 Å². The predicted octanol–water partition coefficient (Wildman–Crippen LogP) is 1.82. The van der Waals surface area contributed by atoms with Crippen LogP contribution in [-0.2, 0) is 11.2 Å². The Kier molecular flexibility index (Phi) is 6.58. The van der Waals surface area contributed by atoms with Crippen LogP contribution in [0.5, 0.6) is 0 Å². The van der Waals surface area contributed by atoms with Crippen LogP contribution in [-0.4, -0.2) is 39.9 Å². The summed E-state index contributed by atoms with van der Waals surface area (Å²) < 4.78 is 0.871. The first-order chi connectivity index (χ1) is 10.3. The molecule has 0 spiro atoms. The lowest BCUT2D eigenvalue weighted by Crippen LogP contribution is -2.29. The third-order valence-electron chi connectivity index (χ3n) is 2.49. The van der Waals surface area contributed by atoms with Gasteiger partial charge in [-0.3, -0.25) is 15.1 Å². The number of hydrogen-bond acceptors (Lipinski definition) is 7. The number of hydrogen-bond donors (Lipinski definition) is 2. The molecule has 0 bridgehead atoms. The fraction of sp³-hybridized carbons (Fsp3) is 0.385. The molecule has 112 valence electrons. The number of nitrogens with one attached hydrogen (secondary N) is 2.